The van der Waals surface area contributed by atoms with Gasteiger partial charge in [0.05, 0.1) is 11.0 Å². The van der Waals surface area contributed by atoms with Crippen LogP contribution >= 0.6 is 12.4 Å². The molecule has 0 radical (unpaired) electrons. The number of imidazole rings is 1. The Labute approximate surface area is 183 Å². The lowest BCUT2D eigenvalue weighted by atomic mass is 10.1. The Balaban J connectivity index is 0.00000420. The summed E-state index contributed by atoms with van der Waals surface area (Å²) >= 11 is 0. The van der Waals surface area contributed by atoms with Crippen LogP contribution in [-0.2, 0) is 18.0 Å². The number of nitrogens with zero attached hydrogens (tertiary/aromatic N) is 2. The zero-order valence-corrected chi connectivity index (χ0v) is 19.4. The van der Waals surface area contributed by atoms with Gasteiger partial charge in [-0.25, -0.2) is 0 Å². The molecule has 0 unspecified atom stereocenters. The first-order chi connectivity index (χ1) is 13.8. The van der Waals surface area contributed by atoms with E-state index in [1.165, 1.54) is 57.8 Å². The third-order valence-electron chi connectivity index (χ3n) is 5.57. The SMILES string of the molecule is CCCCCCCCCCCCOCn1c(=N)n(CCCC)c2ccccc21.Cl. The summed E-state index contributed by atoms with van der Waals surface area (Å²) in [5.41, 5.74) is 2.80. The van der Waals surface area contributed by atoms with E-state index in [0.717, 1.165) is 43.4 Å². The summed E-state index contributed by atoms with van der Waals surface area (Å²) < 4.78 is 10.0. The lowest BCUT2D eigenvalue weighted by Crippen LogP contribution is -2.25. The van der Waals surface area contributed by atoms with Crippen LogP contribution in [0.3, 0.4) is 0 Å². The number of hydrogen-bond acceptors (Lipinski definition) is 2. The van der Waals surface area contributed by atoms with E-state index in [-0.39, 0.29) is 12.4 Å². The molecule has 4 nitrogen and oxygen atoms in total. The monoisotopic (exact) mass is 423 g/mol. The fourth-order valence-corrected chi connectivity index (χ4v) is 3.82. The predicted molar refractivity (Wildman–Crippen MR) is 126 cm³/mol. The molecule has 0 amide bonds. The van der Waals surface area contributed by atoms with Gasteiger partial charge >= 0.3 is 0 Å². The lowest BCUT2D eigenvalue weighted by molar-refractivity contribution is 0.0729. The number of ether oxygens (including phenoxy) is 1. The van der Waals surface area contributed by atoms with Crippen molar-refractivity contribution >= 4 is 23.4 Å². The number of rotatable bonds is 16. The molecule has 0 saturated heterocycles. The minimum absolute atomic E-state index is 0. The molecule has 2 aromatic rings. The van der Waals surface area contributed by atoms with Gasteiger partial charge in [0.15, 0.2) is 0 Å². The minimum atomic E-state index is 0. The average molecular weight is 424 g/mol. The topological polar surface area (TPSA) is 42.9 Å². The first-order valence-electron chi connectivity index (χ1n) is 11.6. The Morgan fingerprint density at radius 1 is 0.724 bits per heavy atom. The van der Waals surface area contributed by atoms with Crippen molar-refractivity contribution in [3.63, 3.8) is 0 Å². The van der Waals surface area contributed by atoms with Crippen LogP contribution in [0.25, 0.3) is 11.0 Å². The third-order valence-corrected chi connectivity index (χ3v) is 5.57. The van der Waals surface area contributed by atoms with E-state index in [4.69, 9.17) is 10.1 Å². The van der Waals surface area contributed by atoms with Gasteiger partial charge in [-0.2, -0.15) is 0 Å². The highest BCUT2D eigenvalue weighted by molar-refractivity contribution is 5.85. The molecule has 0 bridgehead atoms. The third kappa shape index (κ3) is 8.55. The standard InChI is InChI=1S/C24H41N3O.ClH/c1-3-5-7-8-9-10-11-12-13-16-20-28-21-27-23-18-15-14-17-22(23)26(24(27)25)19-6-4-2;/h14-15,17-18,25H,3-13,16,19-21H2,1-2H3;1H. The van der Waals surface area contributed by atoms with E-state index < -0.39 is 0 Å². The Hall–Kier alpha value is -1.26. The lowest BCUT2D eigenvalue weighted by Gasteiger charge is -2.07. The first kappa shape index (κ1) is 25.8. The highest BCUT2D eigenvalue weighted by Crippen LogP contribution is 2.14. The average Bonchev–Trinajstić information content (AvgIpc) is 2.98. The van der Waals surface area contributed by atoms with Gasteiger partial charge in [-0.15, -0.1) is 12.4 Å². The van der Waals surface area contributed by atoms with Gasteiger partial charge in [0.2, 0.25) is 5.62 Å². The molecule has 0 aliphatic heterocycles. The molecule has 0 aliphatic carbocycles. The summed E-state index contributed by atoms with van der Waals surface area (Å²) in [7, 11) is 0. The zero-order chi connectivity index (χ0) is 20.0. The van der Waals surface area contributed by atoms with Crippen LogP contribution in [0.15, 0.2) is 24.3 Å². The van der Waals surface area contributed by atoms with E-state index in [1.54, 1.807) is 0 Å². The first-order valence-corrected chi connectivity index (χ1v) is 11.6. The summed E-state index contributed by atoms with van der Waals surface area (Å²) in [4.78, 5) is 0. The van der Waals surface area contributed by atoms with Gasteiger partial charge < -0.3 is 9.30 Å². The number of benzene rings is 1. The molecule has 29 heavy (non-hydrogen) atoms. The molecule has 1 N–H and O–H groups in total. The van der Waals surface area contributed by atoms with Crippen LogP contribution in [0.1, 0.15) is 90.9 Å². The van der Waals surface area contributed by atoms with Gasteiger partial charge in [-0.1, -0.05) is 90.2 Å². The van der Waals surface area contributed by atoms with Crippen LogP contribution in [0.5, 0.6) is 0 Å². The highest BCUT2D eigenvalue weighted by atomic mass is 35.5. The largest absolute Gasteiger partial charge is 0.361 e. The molecule has 1 aromatic carbocycles. The van der Waals surface area contributed by atoms with Crippen LogP contribution in [0.4, 0.5) is 0 Å². The number of halogens is 1. The zero-order valence-electron chi connectivity index (χ0n) is 18.6. The second-order valence-electron chi connectivity index (χ2n) is 7.96. The Kier molecular flexibility index (Phi) is 13.8. The van der Waals surface area contributed by atoms with Crippen molar-refractivity contribution in [1.82, 2.24) is 9.13 Å². The number of nitrogens with one attached hydrogen (secondary N) is 1. The van der Waals surface area contributed by atoms with E-state index in [0.29, 0.717) is 12.3 Å². The molecule has 166 valence electrons. The molecule has 0 spiro atoms. The number of fused-ring (bicyclic) bond motifs is 1. The number of aryl methyl sites for hydroxylation is 1. The minimum Gasteiger partial charge on any atom is -0.361 e. The summed E-state index contributed by atoms with van der Waals surface area (Å²) in [6, 6.07) is 8.31. The summed E-state index contributed by atoms with van der Waals surface area (Å²) in [5.74, 6) is 0. The summed E-state index contributed by atoms with van der Waals surface area (Å²) in [5, 5.41) is 8.55. The maximum absolute atomic E-state index is 8.55. The van der Waals surface area contributed by atoms with Crippen molar-refractivity contribution in [1.29, 1.82) is 5.41 Å². The van der Waals surface area contributed by atoms with Crippen LogP contribution < -0.4 is 5.62 Å². The van der Waals surface area contributed by atoms with Gasteiger partial charge in [0.25, 0.3) is 0 Å². The number of para-hydroxylation sites is 2. The molecule has 1 heterocycles. The Morgan fingerprint density at radius 3 is 1.83 bits per heavy atom. The smallest absolute Gasteiger partial charge is 0.204 e. The van der Waals surface area contributed by atoms with Crippen molar-refractivity contribution in [2.45, 2.75) is 104 Å². The normalized spacial score (nSPS) is 11.1. The van der Waals surface area contributed by atoms with Crippen molar-refractivity contribution in [3.8, 4) is 0 Å². The maximum atomic E-state index is 8.55. The van der Waals surface area contributed by atoms with Gasteiger partial charge in [-0.3, -0.25) is 9.98 Å². The Morgan fingerprint density at radius 2 is 1.24 bits per heavy atom. The molecule has 5 heteroatoms. The summed E-state index contributed by atoms with van der Waals surface area (Å²) in [6.07, 6.45) is 15.7. The number of hydrogen-bond donors (Lipinski definition) is 1. The van der Waals surface area contributed by atoms with Gasteiger partial charge in [-0.05, 0) is 25.0 Å². The van der Waals surface area contributed by atoms with Crippen LogP contribution in [-0.4, -0.2) is 15.7 Å². The van der Waals surface area contributed by atoms with Crippen molar-refractivity contribution in [2.24, 2.45) is 0 Å². The number of aromatic nitrogens is 2. The molecular formula is C24H42ClN3O. The molecular weight excluding hydrogens is 382 g/mol. The molecule has 1 aromatic heterocycles. The van der Waals surface area contributed by atoms with E-state index in [1.807, 2.05) is 10.6 Å². The Bertz CT molecular complexity index is 722. The van der Waals surface area contributed by atoms with Crippen LogP contribution in [0.2, 0.25) is 0 Å². The number of unbranched alkanes of at least 4 members (excludes halogenated alkanes) is 10. The van der Waals surface area contributed by atoms with Crippen molar-refractivity contribution in [2.75, 3.05) is 6.61 Å². The molecule has 0 fully saturated rings. The van der Waals surface area contributed by atoms with Gasteiger partial charge in [0.1, 0.15) is 6.73 Å². The van der Waals surface area contributed by atoms with Gasteiger partial charge in [0, 0.05) is 13.2 Å². The molecule has 0 saturated carbocycles. The fraction of sp³-hybridized carbons (Fsp3) is 0.708. The van der Waals surface area contributed by atoms with Crippen molar-refractivity contribution < 1.29 is 4.74 Å². The second-order valence-corrected chi connectivity index (χ2v) is 7.96. The van der Waals surface area contributed by atoms with Crippen LogP contribution in [0, 0.1) is 5.41 Å². The summed E-state index contributed by atoms with van der Waals surface area (Å²) in [6.45, 7) is 6.64. The highest BCUT2D eigenvalue weighted by Gasteiger charge is 2.09. The second kappa shape index (κ2) is 15.6. The predicted octanol–water partition coefficient (Wildman–Crippen LogP) is 7.04. The van der Waals surface area contributed by atoms with E-state index in [2.05, 4.69) is 36.6 Å². The van der Waals surface area contributed by atoms with Crippen molar-refractivity contribution in [3.05, 3.63) is 29.9 Å². The molecule has 0 atom stereocenters. The van der Waals surface area contributed by atoms with E-state index in [9.17, 15) is 0 Å². The maximum Gasteiger partial charge on any atom is 0.204 e. The molecule has 0 aliphatic rings. The fourth-order valence-electron chi connectivity index (χ4n) is 3.82. The van der Waals surface area contributed by atoms with E-state index >= 15 is 0 Å². The quantitative estimate of drug-likeness (QED) is 0.289. The molecule has 2 rings (SSSR count).